The molecule has 0 aliphatic carbocycles. The molecule has 0 saturated carbocycles. The van der Waals surface area contributed by atoms with Gasteiger partial charge in [0.15, 0.2) is 0 Å². The lowest BCUT2D eigenvalue weighted by Gasteiger charge is -2.19. The molecule has 116 valence electrons. The standard InChI is InChI=1S/C17H18BrNO3/c1-19(11-13-9-14(18)7-8-16(13)22-3)17(20)12-5-4-6-15(10-12)21-2/h4-10H,11H2,1-3H3. The zero-order valence-electron chi connectivity index (χ0n) is 12.8. The molecule has 0 saturated heterocycles. The Balaban J connectivity index is 2.19. The quantitative estimate of drug-likeness (QED) is 0.812. The number of carbonyl (C=O) groups is 1. The molecule has 2 aromatic rings. The van der Waals surface area contributed by atoms with E-state index in [9.17, 15) is 4.79 Å². The first-order valence-electron chi connectivity index (χ1n) is 6.77. The molecule has 4 nitrogen and oxygen atoms in total. The molecule has 22 heavy (non-hydrogen) atoms. The lowest BCUT2D eigenvalue weighted by molar-refractivity contribution is 0.0784. The highest BCUT2D eigenvalue weighted by atomic mass is 79.9. The summed E-state index contributed by atoms with van der Waals surface area (Å²) in [4.78, 5) is 14.2. The highest BCUT2D eigenvalue weighted by Crippen LogP contribution is 2.24. The number of hydrogen-bond donors (Lipinski definition) is 0. The van der Waals surface area contributed by atoms with Crippen molar-refractivity contribution in [3.8, 4) is 11.5 Å². The van der Waals surface area contributed by atoms with Gasteiger partial charge in [0, 0.05) is 29.2 Å². The number of methoxy groups -OCH3 is 2. The molecule has 0 N–H and O–H groups in total. The summed E-state index contributed by atoms with van der Waals surface area (Å²) < 4.78 is 11.5. The van der Waals surface area contributed by atoms with E-state index in [1.807, 2.05) is 24.3 Å². The number of nitrogens with zero attached hydrogens (tertiary/aromatic N) is 1. The van der Waals surface area contributed by atoms with Crippen LogP contribution in [0.3, 0.4) is 0 Å². The summed E-state index contributed by atoms with van der Waals surface area (Å²) in [5.74, 6) is 1.36. The van der Waals surface area contributed by atoms with Gasteiger partial charge in [0.2, 0.25) is 0 Å². The number of rotatable bonds is 5. The van der Waals surface area contributed by atoms with E-state index in [0.717, 1.165) is 15.8 Å². The van der Waals surface area contributed by atoms with Crippen LogP contribution in [0.1, 0.15) is 15.9 Å². The Morgan fingerprint density at radius 1 is 1.14 bits per heavy atom. The average molecular weight is 364 g/mol. The van der Waals surface area contributed by atoms with Crippen LogP contribution >= 0.6 is 15.9 Å². The summed E-state index contributed by atoms with van der Waals surface area (Å²) in [6.45, 7) is 0.457. The van der Waals surface area contributed by atoms with Crippen LogP contribution in [-0.2, 0) is 6.54 Å². The van der Waals surface area contributed by atoms with E-state index in [4.69, 9.17) is 9.47 Å². The maximum Gasteiger partial charge on any atom is 0.254 e. The Morgan fingerprint density at radius 3 is 2.59 bits per heavy atom. The Bertz CT molecular complexity index is 673. The fraction of sp³-hybridized carbons (Fsp3) is 0.235. The Kier molecular flexibility index (Phi) is 5.44. The van der Waals surface area contributed by atoms with E-state index in [2.05, 4.69) is 15.9 Å². The summed E-state index contributed by atoms with van der Waals surface area (Å²) in [6.07, 6.45) is 0. The second-order valence-electron chi connectivity index (χ2n) is 4.85. The molecule has 0 fully saturated rings. The van der Waals surface area contributed by atoms with Gasteiger partial charge in [-0.15, -0.1) is 0 Å². The average Bonchev–Trinajstić information content (AvgIpc) is 2.54. The first-order valence-corrected chi connectivity index (χ1v) is 7.56. The van der Waals surface area contributed by atoms with Crippen LogP contribution < -0.4 is 9.47 Å². The second-order valence-corrected chi connectivity index (χ2v) is 5.77. The maximum atomic E-state index is 12.5. The van der Waals surface area contributed by atoms with Gasteiger partial charge in [-0.25, -0.2) is 0 Å². The number of amides is 1. The summed E-state index contributed by atoms with van der Waals surface area (Å²) in [6, 6.07) is 12.9. The molecule has 1 amide bonds. The van der Waals surface area contributed by atoms with Gasteiger partial charge >= 0.3 is 0 Å². The maximum absolute atomic E-state index is 12.5. The van der Waals surface area contributed by atoms with Crippen molar-refractivity contribution in [3.63, 3.8) is 0 Å². The lowest BCUT2D eigenvalue weighted by Crippen LogP contribution is -2.26. The van der Waals surface area contributed by atoms with Crippen molar-refractivity contribution in [2.75, 3.05) is 21.3 Å². The van der Waals surface area contributed by atoms with E-state index in [1.165, 1.54) is 0 Å². The minimum Gasteiger partial charge on any atom is -0.497 e. The van der Waals surface area contributed by atoms with Crippen molar-refractivity contribution in [1.82, 2.24) is 4.90 Å². The zero-order valence-corrected chi connectivity index (χ0v) is 14.4. The number of benzene rings is 2. The topological polar surface area (TPSA) is 38.8 Å². The van der Waals surface area contributed by atoms with Crippen molar-refractivity contribution in [1.29, 1.82) is 0 Å². The van der Waals surface area contributed by atoms with Gasteiger partial charge in [-0.05, 0) is 36.4 Å². The molecule has 0 heterocycles. The molecule has 0 atom stereocenters. The van der Waals surface area contributed by atoms with Gasteiger partial charge in [-0.2, -0.15) is 0 Å². The number of carbonyl (C=O) groups excluding carboxylic acids is 1. The van der Waals surface area contributed by atoms with Gasteiger partial charge in [-0.3, -0.25) is 4.79 Å². The SMILES string of the molecule is COc1cccc(C(=O)N(C)Cc2cc(Br)ccc2OC)c1. The van der Waals surface area contributed by atoms with E-state index in [0.29, 0.717) is 17.9 Å². The third-order valence-electron chi connectivity index (χ3n) is 3.31. The molecule has 0 bridgehead atoms. The van der Waals surface area contributed by atoms with Crippen LogP contribution in [0.25, 0.3) is 0 Å². The number of hydrogen-bond acceptors (Lipinski definition) is 3. The molecule has 0 spiro atoms. The second kappa shape index (κ2) is 7.31. The Hall–Kier alpha value is -2.01. The summed E-state index contributed by atoms with van der Waals surface area (Å²) in [7, 11) is 4.97. The van der Waals surface area contributed by atoms with Crippen molar-refractivity contribution in [2.45, 2.75) is 6.54 Å². The molecule has 5 heteroatoms. The molecule has 0 aromatic heterocycles. The lowest BCUT2D eigenvalue weighted by atomic mass is 10.1. The first-order chi connectivity index (χ1) is 10.5. The third kappa shape index (κ3) is 3.80. The van der Waals surface area contributed by atoms with Crippen molar-refractivity contribution in [2.24, 2.45) is 0 Å². The van der Waals surface area contributed by atoms with E-state index < -0.39 is 0 Å². The minimum atomic E-state index is -0.0686. The highest BCUT2D eigenvalue weighted by Gasteiger charge is 2.15. The Morgan fingerprint density at radius 2 is 1.91 bits per heavy atom. The molecule has 0 aliphatic heterocycles. The monoisotopic (exact) mass is 363 g/mol. The molecular formula is C17H18BrNO3. The van der Waals surface area contributed by atoms with Gasteiger partial charge in [0.1, 0.15) is 11.5 Å². The predicted molar refractivity (Wildman–Crippen MR) is 89.5 cm³/mol. The van der Waals surface area contributed by atoms with Crippen LogP contribution in [0.4, 0.5) is 0 Å². The van der Waals surface area contributed by atoms with Gasteiger partial charge in [0.25, 0.3) is 5.91 Å². The third-order valence-corrected chi connectivity index (χ3v) is 3.81. The molecule has 2 rings (SSSR count). The molecule has 2 aromatic carbocycles. The summed E-state index contributed by atoms with van der Waals surface area (Å²) >= 11 is 3.44. The molecule has 0 aliphatic rings. The van der Waals surface area contributed by atoms with Crippen LogP contribution in [-0.4, -0.2) is 32.1 Å². The fourth-order valence-corrected chi connectivity index (χ4v) is 2.58. The van der Waals surface area contributed by atoms with Crippen molar-refractivity contribution in [3.05, 3.63) is 58.1 Å². The summed E-state index contributed by atoms with van der Waals surface area (Å²) in [5, 5.41) is 0. The van der Waals surface area contributed by atoms with Crippen molar-refractivity contribution < 1.29 is 14.3 Å². The normalized spacial score (nSPS) is 10.2. The molecule has 0 unspecified atom stereocenters. The largest absolute Gasteiger partial charge is 0.497 e. The minimum absolute atomic E-state index is 0.0686. The number of halogens is 1. The zero-order chi connectivity index (χ0) is 16.1. The van der Waals surface area contributed by atoms with E-state index in [1.54, 1.807) is 44.4 Å². The van der Waals surface area contributed by atoms with E-state index in [-0.39, 0.29) is 5.91 Å². The van der Waals surface area contributed by atoms with Gasteiger partial charge in [-0.1, -0.05) is 22.0 Å². The van der Waals surface area contributed by atoms with Gasteiger partial charge < -0.3 is 14.4 Å². The van der Waals surface area contributed by atoms with Crippen LogP contribution in [0.5, 0.6) is 11.5 Å². The smallest absolute Gasteiger partial charge is 0.254 e. The predicted octanol–water partition coefficient (Wildman–Crippen LogP) is 3.74. The molecular weight excluding hydrogens is 346 g/mol. The van der Waals surface area contributed by atoms with Crippen LogP contribution in [0.15, 0.2) is 46.9 Å². The fourth-order valence-electron chi connectivity index (χ4n) is 2.17. The molecule has 0 radical (unpaired) electrons. The highest BCUT2D eigenvalue weighted by molar-refractivity contribution is 9.10. The Labute approximate surface area is 138 Å². The number of ether oxygens (including phenoxy) is 2. The van der Waals surface area contributed by atoms with E-state index >= 15 is 0 Å². The first kappa shape index (κ1) is 16.4. The van der Waals surface area contributed by atoms with Crippen LogP contribution in [0, 0.1) is 0 Å². The van der Waals surface area contributed by atoms with Crippen molar-refractivity contribution >= 4 is 21.8 Å². The summed E-state index contributed by atoms with van der Waals surface area (Å²) in [5.41, 5.74) is 1.53. The van der Waals surface area contributed by atoms with Crippen LogP contribution in [0.2, 0.25) is 0 Å². The van der Waals surface area contributed by atoms with Gasteiger partial charge in [0.05, 0.1) is 14.2 Å².